The highest BCUT2D eigenvalue weighted by atomic mass is 15.1. The van der Waals surface area contributed by atoms with E-state index in [-0.39, 0.29) is 0 Å². The van der Waals surface area contributed by atoms with Crippen LogP contribution in [0.2, 0.25) is 0 Å². The number of nitrogens with one attached hydrogen (secondary N) is 1. The van der Waals surface area contributed by atoms with Crippen molar-refractivity contribution in [2.24, 2.45) is 0 Å². The molecule has 1 atom stereocenters. The van der Waals surface area contributed by atoms with Crippen LogP contribution in [-0.4, -0.2) is 40.0 Å². The molecule has 1 unspecified atom stereocenters. The molecule has 22 heavy (non-hydrogen) atoms. The third-order valence-electron chi connectivity index (χ3n) is 4.04. The number of anilines is 1. The van der Waals surface area contributed by atoms with Gasteiger partial charge in [-0.25, -0.2) is 9.97 Å². The zero-order valence-electron chi connectivity index (χ0n) is 13.3. The fourth-order valence-electron chi connectivity index (χ4n) is 2.93. The summed E-state index contributed by atoms with van der Waals surface area (Å²) < 4.78 is 0. The van der Waals surface area contributed by atoms with Gasteiger partial charge in [-0.1, -0.05) is 6.07 Å². The molecule has 1 N–H and O–H groups in total. The number of hydrogen-bond acceptors (Lipinski definition) is 5. The second-order valence-corrected chi connectivity index (χ2v) is 6.03. The Morgan fingerprint density at radius 1 is 1.32 bits per heavy atom. The SMILES string of the molecule is Cc1cc(NCc2ccccn2)nc(C2CCCN(C)C2)n1. The molecule has 3 rings (SSSR count). The third-order valence-corrected chi connectivity index (χ3v) is 4.04. The number of pyridine rings is 1. The minimum atomic E-state index is 0.439. The summed E-state index contributed by atoms with van der Waals surface area (Å²) in [6.45, 7) is 4.93. The molecule has 0 aliphatic carbocycles. The monoisotopic (exact) mass is 297 g/mol. The maximum atomic E-state index is 4.73. The Morgan fingerprint density at radius 3 is 3.00 bits per heavy atom. The predicted molar refractivity (Wildman–Crippen MR) is 87.8 cm³/mol. The minimum absolute atomic E-state index is 0.439. The van der Waals surface area contributed by atoms with Crippen LogP contribution in [0.25, 0.3) is 0 Å². The second-order valence-electron chi connectivity index (χ2n) is 6.03. The van der Waals surface area contributed by atoms with Crippen LogP contribution in [0.5, 0.6) is 0 Å². The number of rotatable bonds is 4. The lowest BCUT2D eigenvalue weighted by Gasteiger charge is -2.28. The molecule has 5 heteroatoms. The summed E-state index contributed by atoms with van der Waals surface area (Å²) in [4.78, 5) is 16.1. The Morgan fingerprint density at radius 2 is 2.23 bits per heavy atom. The van der Waals surface area contributed by atoms with Crippen molar-refractivity contribution in [2.45, 2.75) is 32.2 Å². The average molecular weight is 297 g/mol. The van der Waals surface area contributed by atoms with Crippen molar-refractivity contribution in [3.05, 3.63) is 47.7 Å². The topological polar surface area (TPSA) is 53.9 Å². The van der Waals surface area contributed by atoms with Gasteiger partial charge in [0.1, 0.15) is 11.6 Å². The van der Waals surface area contributed by atoms with Crippen LogP contribution in [-0.2, 0) is 6.54 Å². The Hall–Kier alpha value is -2.01. The molecule has 3 heterocycles. The number of aromatic nitrogens is 3. The molecule has 0 saturated carbocycles. The first-order valence-electron chi connectivity index (χ1n) is 7.88. The first-order valence-corrected chi connectivity index (χ1v) is 7.88. The molecule has 0 aromatic carbocycles. The van der Waals surface area contributed by atoms with Crippen molar-refractivity contribution in [3.63, 3.8) is 0 Å². The Bertz CT molecular complexity index is 614. The summed E-state index contributed by atoms with van der Waals surface area (Å²) in [6, 6.07) is 7.94. The van der Waals surface area contributed by atoms with E-state index in [1.165, 1.54) is 19.4 Å². The largest absolute Gasteiger partial charge is 0.364 e. The maximum Gasteiger partial charge on any atom is 0.135 e. The van der Waals surface area contributed by atoms with Crippen LogP contribution in [0.4, 0.5) is 5.82 Å². The van der Waals surface area contributed by atoms with Gasteiger partial charge < -0.3 is 10.2 Å². The highest BCUT2D eigenvalue weighted by Gasteiger charge is 2.21. The van der Waals surface area contributed by atoms with Crippen molar-refractivity contribution in [3.8, 4) is 0 Å². The zero-order chi connectivity index (χ0) is 15.4. The number of nitrogens with zero attached hydrogens (tertiary/aromatic N) is 4. The van der Waals surface area contributed by atoms with Crippen LogP contribution >= 0.6 is 0 Å². The van der Waals surface area contributed by atoms with Gasteiger partial charge in [0.15, 0.2) is 0 Å². The Labute approximate surface area is 131 Å². The Kier molecular flexibility index (Phi) is 4.63. The normalized spacial score (nSPS) is 19.1. The molecule has 1 aliphatic heterocycles. The summed E-state index contributed by atoms with van der Waals surface area (Å²) in [5.74, 6) is 2.30. The van der Waals surface area contributed by atoms with Crippen molar-refractivity contribution in [1.29, 1.82) is 0 Å². The van der Waals surface area contributed by atoms with Gasteiger partial charge in [0.05, 0.1) is 12.2 Å². The van der Waals surface area contributed by atoms with Gasteiger partial charge in [-0.15, -0.1) is 0 Å². The molecule has 1 aliphatic rings. The fraction of sp³-hybridized carbons (Fsp3) is 0.471. The van der Waals surface area contributed by atoms with Crippen LogP contribution in [0.3, 0.4) is 0 Å². The molecule has 1 fully saturated rings. The van der Waals surface area contributed by atoms with Crippen molar-refractivity contribution >= 4 is 5.82 Å². The summed E-state index contributed by atoms with van der Waals surface area (Å²) in [5.41, 5.74) is 2.03. The molecule has 0 spiro atoms. The standard InChI is InChI=1S/C17H23N5/c1-13-10-16(19-11-15-7-3-4-8-18-15)21-17(20-13)14-6-5-9-22(2)12-14/h3-4,7-8,10,14H,5-6,9,11-12H2,1-2H3,(H,19,20,21). The summed E-state index contributed by atoms with van der Waals surface area (Å²) >= 11 is 0. The summed E-state index contributed by atoms with van der Waals surface area (Å²) in [6.07, 6.45) is 4.20. The van der Waals surface area contributed by atoms with Gasteiger partial charge in [-0.05, 0) is 45.5 Å². The number of likely N-dealkylation sites (N-methyl/N-ethyl adjacent to an activating group) is 1. The van der Waals surface area contributed by atoms with Gasteiger partial charge in [-0.2, -0.15) is 0 Å². The van der Waals surface area contributed by atoms with Crippen LogP contribution in [0.1, 0.15) is 36.0 Å². The predicted octanol–water partition coefficient (Wildman–Crippen LogP) is 2.60. The van der Waals surface area contributed by atoms with E-state index < -0.39 is 0 Å². The molecule has 0 radical (unpaired) electrons. The van der Waals surface area contributed by atoms with Gasteiger partial charge in [0, 0.05) is 30.4 Å². The number of aryl methyl sites for hydroxylation is 1. The third kappa shape index (κ3) is 3.80. The molecule has 0 amide bonds. The van der Waals surface area contributed by atoms with Crippen LogP contribution in [0, 0.1) is 6.92 Å². The van der Waals surface area contributed by atoms with Gasteiger partial charge in [0.25, 0.3) is 0 Å². The number of hydrogen-bond donors (Lipinski definition) is 1. The van der Waals surface area contributed by atoms with Crippen LogP contribution in [0.15, 0.2) is 30.5 Å². The van der Waals surface area contributed by atoms with E-state index in [9.17, 15) is 0 Å². The molecule has 116 valence electrons. The molecular formula is C17H23N5. The lowest BCUT2D eigenvalue weighted by Crippen LogP contribution is -2.31. The second kappa shape index (κ2) is 6.83. The highest BCUT2D eigenvalue weighted by Crippen LogP contribution is 2.24. The highest BCUT2D eigenvalue weighted by molar-refractivity contribution is 5.37. The van der Waals surface area contributed by atoms with E-state index in [1.807, 2.05) is 37.4 Å². The smallest absolute Gasteiger partial charge is 0.135 e. The quantitative estimate of drug-likeness (QED) is 0.940. The van der Waals surface area contributed by atoms with E-state index in [0.29, 0.717) is 12.5 Å². The molecule has 2 aromatic heterocycles. The first-order chi connectivity index (χ1) is 10.7. The van der Waals surface area contributed by atoms with E-state index in [0.717, 1.165) is 29.6 Å². The summed E-state index contributed by atoms with van der Waals surface area (Å²) in [7, 11) is 2.17. The Balaban J connectivity index is 1.72. The van der Waals surface area contributed by atoms with E-state index in [1.54, 1.807) is 0 Å². The van der Waals surface area contributed by atoms with E-state index >= 15 is 0 Å². The maximum absolute atomic E-state index is 4.73. The summed E-state index contributed by atoms with van der Waals surface area (Å²) in [5, 5.41) is 3.37. The lowest BCUT2D eigenvalue weighted by molar-refractivity contribution is 0.246. The molecule has 2 aromatic rings. The van der Waals surface area contributed by atoms with Crippen molar-refractivity contribution in [1.82, 2.24) is 19.9 Å². The molecule has 0 bridgehead atoms. The van der Waals surface area contributed by atoms with E-state index in [4.69, 9.17) is 4.98 Å². The molecule has 1 saturated heterocycles. The number of likely N-dealkylation sites (tertiary alicyclic amines) is 1. The molecule has 5 nitrogen and oxygen atoms in total. The van der Waals surface area contributed by atoms with Crippen LogP contribution < -0.4 is 5.32 Å². The minimum Gasteiger partial charge on any atom is -0.364 e. The first kappa shape index (κ1) is 14.9. The van der Waals surface area contributed by atoms with E-state index in [2.05, 4.69) is 27.2 Å². The lowest BCUT2D eigenvalue weighted by atomic mass is 9.97. The molecular weight excluding hydrogens is 274 g/mol. The van der Waals surface area contributed by atoms with Gasteiger partial charge in [-0.3, -0.25) is 4.98 Å². The van der Waals surface area contributed by atoms with Crippen molar-refractivity contribution < 1.29 is 0 Å². The number of piperidine rings is 1. The fourth-order valence-corrected chi connectivity index (χ4v) is 2.93. The van der Waals surface area contributed by atoms with Gasteiger partial charge >= 0.3 is 0 Å². The van der Waals surface area contributed by atoms with Gasteiger partial charge in [0.2, 0.25) is 0 Å². The zero-order valence-corrected chi connectivity index (χ0v) is 13.3. The average Bonchev–Trinajstić information content (AvgIpc) is 2.53. The van der Waals surface area contributed by atoms with Crippen molar-refractivity contribution in [2.75, 3.05) is 25.5 Å².